The molecule has 0 aliphatic heterocycles. The summed E-state index contributed by atoms with van der Waals surface area (Å²) in [6.45, 7) is 7.31. The molecule has 116 valence electrons. The van der Waals surface area contributed by atoms with Crippen LogP contribution in [0.25, 0.3) is 0 Å². The first-order valence-electron chi connectivity index (χ1n) is 8.01. The molecule has 4 nitrogen and oxygen atoms in total. The normalized spacial score (nSPS) is 21.7. The molecule has 0 spiro atoms. The molecule has 2 atom stereocenters. The van der Waals surface area contributed by atoms with E-state index in [1.54, 1.807) is 0 Å². The molecule has 1 aromatic carbocycles. The third-order valence-electron chi connectivity index (χ3n) is 4.40. The Labute approximate surface area is 127 Å². The Morgan fingerprint density at radius 3 is 2.71 bits per heavy atom. The van der Waals surface area contributed by atoms with Gasteiger partial charge in [-0.1, -0.05) is 32.4 Å². The molecule has 1 aliphatic carbocycles. The van der Waals surface area contributed by atoms with E-state index in [4.69, 9.17) is 5.73 Å². The van der Waals surface area contributed by atoms with Crippen LogP contribution in [0.1, 0.15) is 38.7 Å². The zero-order valence-corrected chi connectivity index (χ0v) is 13.1. The third-order valence-corrected chi connectivity index (χ3v) is 4.40. The lowest BCUT2D eigenvalue weighted by atomic mass is 10.0. The fourth-order valence-corrected chi connectivity index (χ4v) is 3.00. The number of hydrogen-bond donors (Lipinski definition) is 2. The summed E-state index contributed by atoms with van der Waals surface area (Å²) >= 11 is 0. The number of benzene rings is 1. The minimum atomic E-state index is -0.0311. The SMILES string of the molecule is CCN(CC)Cc1cccc(NC(=O)C2CCCC2N)c1. The molecule has 21 heavy (non-hydrogen) atoms. The van der Waals surface area contributed by atoms with Crippen LogP contribution in [-0.2, 0) is 11.3 Å². The Balaban J connectivity index is 1.99. The van der Waals surface area contributed by atoms with E-state index in [1.165, 1.54) is 5.56 Å². The van der Waals surface area contributed by atoms with Crippen LogP contribution >= 0.6 is 0 Å². The van der Waals surface area contributed by atoms with Gasteiger partial charge in [0, 0.05) is 18.3 Å². The van der Waals surface area contributed by atoms with Crippen molar-refractivity contribution < 1.29 is 4.79 Å². The molecule has 1 aliphatic rings. The molecule has 2 rings (SSSR count). The van der Waals surface area contributed by atoms with E-state index < -0.39 is 0 Å². The standard InChI is InChI=1S/C17H27N3O/c1-3-20(4-2)12-13-7-5-8-14(11-13)19-17(21)15-9-6-10-16(15)18/h5,7-8,11,15-16H,3-4,6,9-10,12,18H2,1-2H3,(H,19,21). The molecular weight excluding hydrogens is 262 g/mol. The fourth-order valence-electron chi connectivity index (χ4n) is 3.00. The molecule has 1 amide bonds. The molecule has 3 N–H and O–H groups in total. The van der Waals surface area contributed by atoms with E-state index in [-0.39, 0.29) is 17.9 Å². The molecule has 2 unspecified atom stereocenters. The monoisotopic (exact) mass is 289 g/mol. The number of hydrogen-bond acceptors (Lipinski definition) is 3. The highest BCUT2D eigenvalue weighted by atomic mass is 16.1. The lowest BCUT2D eigenvalue weighted by molar-refractivity contribution is -0.120. The second-order valence-electron chi connectivity index (χ2n) is 5.85. The van der Waals surface area contributed by atoms with Gasteiger partial charge in [0.05, 0.1) is 5.92 Å². The second-order valence-corrected chi connectivity index (χ2v) is 5.85. The van der Waals surface area contributed by atoms with Gasteiger partial charge in [0.15, 0.2) is 0 Å². The van der Waals surface area contributed by atoms with Crippen molar-refractivity contribution in [3.8, 4) is 0 Å². The molecular formula is C17H27N3O. The second kappa shape index (κ2) is 7.57. The van der Waals surface area contributed by atoms with Gasteiger partial charge in [-0.25, -0.2) is 0 Å². The topological polar surface area (TPSA) is 58.4 Å². The molecule has 1 fully saturated rings. The summed E-state index contributed by atoms with van der Waals surface area (Å²) in [6, 6.07) is 8.14. The molecule has 0 aromatic heterocycles. The highest BCUT2D eigenvalue weighted by Crippen LogP contribution is 2.25. The summed E-state index contributed by atoms with van der Waals surface area (Å²) in [6.07, 6.45) is 2.92. The van der Waals surface area contributed by atoms with E-state index in [0.717, 1.165) is 44.6 Å². The van der Waals surface area contributed by atoms with E-state index >= 15 is 0 Å². The number of amides is 1. The van der Waals surface area contributed by atoms with Crippen molar-refractivity contribution >= 4 is 11.6 Å². The van der Waals surface area contributed by atoms with Crippen LogP contribution in [0, 0.1) is 5.92 Å². The predicted octanol–water partition coefficient (Wildman–Crippen LogP) is 2.59. The van der Waals surface area contributed by atoms with Crippen LogP contribution < -0.4 is 11.1 Å². The fraction of sp³-hybridized carbons (Fsp3) is 0.588. The third kappa shape index (κ3) is 4.29. The van der Waals surface area contributed by atoms with Crippen LogP contribution in [0.4, 0.5) is 5.69 Å². The first-order valence-corrected chi connectivity index (χ1v) is 8.01. The quantitative estimate of drug-likeness (QED) is 0.846. The van der Waals surface area contributed by atoms with Gasteiger partial charge < -0.3 is 11.1 Å². The van der Waals surface area contributed by atoms with Gasteiger partial charge in [-0.2, -0.15) is 0 Å². The largest absolute Gasteiger partial charge is 0.327 e. The smallest absolute Gasteiger partial charge is 0.229 e. The van der Waals surface area contributed by atoms with Crippen LogP contribution in [0.3, 0.4) is 0 Å². The summed E-state index contributed by atoms with van der Waals surface area (Å²) in [5.41, 5.74) is 8.11. The van der Waals surface area contributed by atoms with Crippen LogP contribution in [0.15, 0.2) is 24.3 Å². The maximum absolute atomic E-state index is 12.3. The zero-order valence-electron chi connectivity index (χ0n) is 13.1. The van der Waals surface area contributed by atoms with Gasteiger partial charge in [0.2, 0.25) is 5.91 Å². The summed E-state index contributed by atoms with van der Waals surface area (Å²) in [7, 11) is 0. The molecule has 0 saturated heterocycles. The summed E-state index contributed by atoms with van der Waals surface area (Å²) in [5.74, 6) is 0.0384. The number of nitrogens with two attached hydrogens (primary N) is 1. The van der Waals surface area contributed by atoms with Gasteiger partial charge >= 0.3 is 0 Å². The Morgan fingerprint density at radius 2 is 2.10 bits per heavy atom. The number of nitrogens with one attached hydrogen (secondary N) is 1. The first-order chi connectivity index (χ1) is 10.1. The molecule has 0 bridgehead atoms. The van der Waals surface area contributed by atoms with Crippen molar-refractivity contribution in [1.29, 1.82) is 0 Å². The number of nitrogens with zero attached hydrogens (tertiary/aromatic N) is 1. The van der Waals surface area contributed by atoms with Crippen LogP contribution in [0.5, 0.6) is 0 Å². The number of carbonyl (C=O) groups is 1. The average Bonchev–Trinajstić information content (AvgIpc) is 2.91. The Kier molecular flexibility index (Phi) is 5.76. The van der Waals surface area contributed by atoms with Crippen LogP contribution in [-0.4, -0.2) is 29.9 Å². The maximum Gasteiger partial charge on any atom is 0.229 e. The molecule has 1 aromatic rings. The average molecular weight is 289 g/mol. The van der Waals surface area contributed by atoms with Crippen LogP contribution in [0.2, 0.25) is 0 Å². The van der Waals surface area contributed by atoms with E-state index in [1.807, 2.05) is 12.1 Å². The minimum Gasteiger partial charge on any atom is -0.327 e. The Morgan fingerprint density at radius 1 is 1.33 bits per heavy atom. The maximum atomic E-state index is 12.3. The van der Waals surface area contributed by atoms with Gasteiger partial charge in [0.25, 0.3) is 0 Å². The summed E-state index contributed by atoms with van der Waals surface area (Å²) < 4.78 is 0. The molecule has 4 heteroatoms. The van der Waals surface area contributed by atoms with Crippen molar-refractivity contribution in [2.24, 2.45) is 11.7 Å². The lowest BCUT2D eigenvalue weighted by Gasteiger charge is -2.19. The number of carbonyl (C=O) groups excluding carboxylic acids is 1. The molecule has 1 saturated carbocycles. The summed E-state index contributed by atoms with van der Waals surface area (Å²) in [4.78, 5) is 14.6. The Bertz CT molecular complexity index is 471. The summed E-state index contributed by atoms with van der Waals surface area (Å²) in [5, 5.41) is 3.03. The van der Waals surface area contributed by atoms with Crippen molar-refractivity contribution in [3.63, 3.8) is 0 Å². The lowest BCUT2D eigenvalue weighted by Crippen LogP contribution is -2.34. The minimum absolute atomic E-state index is 0.0175. The van der Waals surface area contributed by atoms with Gasteiger partial charge in [-0.3, -0.25) is 9.69 Å². The van der Waals surface area contributed by atoms with E-state index in [0.29, 0.717) is 0 Å². The van der Waals surface area contributed by atoms with Crippen molar-refractivity contribution in [2.45, 2.75) is 45.7 Å². The number of rotatable bonds is 6. The predicted molar refractivity (Wildman–Crippen MR) is 87.0 cm³/mol. The van der Waals surface area contributed by atoms with Gasteiger partial charge in [-0.15, -0.1) is 0 Å². The van der Waals surface area contributed by atoms with E-state index in [2.05, 4.69) is 36.2 Å². The van der Waals surface area contributed by atoms with E-state index in [9.17, 15) is 4.79 Å². The van der Waals surface area contributed by atoms with Crippen molar-refractivity contribution in [2.75, 3.05) is 18.4 Å². The van der Waals surface area contributed by atoms with Gasteiger partial charge in [0.1, 0.15) is 0 Å². The molecule has 0 radical (unpaired) electrons. The Hall–Kier alpha value is -1.39. The highest BCUT2D eigenvalue weighted by molar-refractivity contribution is 5.93. The first kappa shape index (κ1) is 16.0. The van der Waals surface area contributed by atoms with Crippen molar-refractivity contribution in [1.82, 2.24) is 4.90 Å². The molecule has 0 heterocycles. The van der Waals surface area contributed by atoms with Crippen molar-refractivity contribution in [3.05, 3.63) is 29.8 Å². The number of anilines is 1. The van der Waals surface area contributed by atoms with Gasteiger partial charge in [-0.05, 0) is 43.6 Å². The zero-order chi connectivity index (χ0) is 15.2. The highest BCUT2D eigenvalue weighted by Gasteiger charge is 2.30.